The van der Waals surface area contributed by atoms with E-state index in [2.05, 4.69) is 29.8 Å². The molecule has 0 bridgehead atoms. The van der Waals surface area contributed by atoms with Crippen molar-refractivity contribution in [1.82, 2.24) is 16.0 Å². The quantitative estimate of drug-likeness (QED) is 0.103. The fraction of sp³-hybridized carbons (Fsp3) is 0.893. The molecule has 0 saturated heterocycles. The highest BCUT2D eigenvalue weighted by molar-refractivity contribution is 5.81. The number of carbonyl (C=O) groups is 1. The van der Waals surface area contributed by atoms with Crippen molar-refractivity contribution in [2.45, 2.75) is 113 Å². The van der Waals surface area contributed by atoms with Gasteiger partial charge in [-0.15, -0.1) is 0 Å². The molecule has 12 atom stereocenters. The van der Waals surface area contributed by atoms with Gasteiger partial charge in [0.1, 0.15) is 24.1 Å². The minimum Gasteiger partial charge on any atom is -0.492 e. The Hall–Kier alpha value is -1.43. The summed E-state index contributed by atoms with van der Waals surface area (Å²) in [6.07, 6.45) is -2.90. The van der Waals surface area contributed by atoms with Crippen LogP contribution in [0.15, 0.2) is 11.8 Å². The lowest BCUT2D eigenvalue weighted by molar-refractivity contribution is -0.200. The molecule has 0 radical (unpaired) electrons. The van der Waals surface area contributed by atoms with Crippen LogP contribution in [0.4, 0.5) is 0 Å². The van der Waals surface area contributed by atoms with Crippen molar-refractivity contribution in [2.24, 2.45) is 34.3 Å². The Labute approximate surface area is 248 Å². The van der Waals surface area contributed by atoms with Gasteiger partial charge in [0.15, 0.2) is 0 Å². The van der Waals surface area contributed by atoms with Crippen LogP contribution in [0.1, 0.15) is 46.5 Å². The fourth-order valence-electron chi connectivity index (χ4n) is 6.40. The molecule has 42 heavy (non-hydrogen) atoms. The Morgan fingerprint density at radius 3 is 2.55 bits per heavy atom. The molecule has 0 aromatic rings. The second-order valence-corrected chi connectivity index (χ2v) is 13.3. The van der Waals surface area contributed by atoms with Crippen LogP contribution >= 0.6 is 0 Å². The zero-order valence-corrected chi connectivity index (χ0v) is 25.4. The van der Waals surface area contributed by atoms with Crippen LogP contribution in [0.2, 0.25) is 0 Å². The first-order valence-corrected chi connectivity index (χ1v) is 15.0. The number of likely N-dealkylation sites (N-methyl/N-ethyl adjacent to an activating group) is 1. The highest BCUT2D eigenvalue weighted by Gasteiger charge is 2.53. The van der Waals surface area contributed by atoms with Gasteiger partial charge in [0, 0.05) is 31.1 Å². The summed E-state index contributed by atoms with van der Waals surface area (Å²) < 4.78 is 12.7. The third-order valence-corrected chi connectivity index (χ3v) is 9.13. The average molecular weight is 602 g/mol. The van der Waals surface area contributed by atoms with Gasteiger partial charge in [-0.1, -0.05) is 13.8 Å². The third-order valence-electron chi connectivity index (χ3n) is 9.13. The highest BCUT2D eigenvalue weighted by Crippen LogP contribution is 2.37. The normalized spacial score (nSPS) is 40.1. The summed E-state index contributed by atoms with van der Waals surface area (Å²) >= 11 is 0. The molecule has 244 valence electrons. The number of nitrogens with one attached hydrogen (secondary N) is 3. The largest absolute Gasteiger partial charge is 0.492 e. The van der Waals surface area contributed by atoms with Crippen LogP contribution in [0.5, 0.6) is 0 Å². The number of aliphatic hydroxyl groups excluding tert-OH is 3. The summed E-state index contributed by atoms with van der Waals surface area (Å²) in [5.41, 5.74) is 23.2. The average Bonchev–Trinajstić information content (AvgIpc) is 2.92. The predicted octanol–water partition coefficient (Wildman–Crippen LogP) is -3.68. The van der Waals surface area contributed by atoms with Gasteiger partial charge < -0.3 is 68.8 Å². The van der Waals surface area contributed by atoms with E-state index in [9.17, 15) is 25.2 Å². The second-order valence-electron chi connectivity index (χ2n) is 13.3. The van der Waals surface area contributed by atoms with Crippen molar-refractivity contribution in [1.29, 1.82) is 0 Å². The van der Waals surface area contributed by atoms with Gasteiger partial charge >= 0.3 is 0 Å². The van der Waals surface area contributed by atoms with E-state index < -0.39 is 78.2 Å². The number of nitrogens with two attached hydrogens (primary N) is 4. The van der Waals surface area contributed by atoms with Gasteiger partial charge in [0.25, 0.3) is 0 Å². The molecule has 1 amide bonds. The van der Waals surface area contributed by atoms with Crippen LogP contribution < -0.4 is 38.9 Å². The molecular weight excluding hydrogens is 546 g/mol. The lowest BCUT2D eigenvalue weighted by Gasteiger charge is -2.51. The Morgan fingerprint density at radius 2 is 1.93 bits per heavy atom. The lowest BCUT2D eigenvalue weighted by atomic mass is 9.72. The molecular formula is C28H55N7O7. The van der Waals surface area contributed by atoms with Crippen LogP contribution in [-0.4, -0.2) is 126 Å². The smallest absolute Gasteiger partial charge is 0.250 e. The van der Waals surface area contributed by atoms with Crippen LogP contribution in [0, 0.1) is 11.3 Å². The zero-order chi connectivity index (χ0) is 31.4. The van der Waals surface area contributed by atoms with Crippen molar-refractivity contribution < 1.29 is 34.7 Å². The summed E-state index contributed by atoms with van der Waals surface area (Å²) in [5.74, 6) is -0.683. The molecule has 14 nitrogen and oxygen atoms in total. The molecule has 15 N–H and O–H groups in total. The Balaban J connectivity index is 1.82. The molecule has 3 aliphatic rings. The van der Waals surface area contributed by atoms with Gasteiger partial charge in [-0.2, -0.15) is 0 Å². The van der Waals surface area contributed by atoms with E-state index in [0.29, 0.717) is 44.7 Å². The molecule has 2 fully saturated rings. The molecule has 0 spiro atoms. The van der Waals surface area contributed by atoms with E-state index in [-0.39, 0.29) is 18.4 Å². The first kappa shape index (κ1) is 35.1. The molecule has 1 aliphatic heterocycles. The minimum absolute atomic E-state index is 0.0854. The third kappa shape index (κ3) is 8.18. The van der Waals surface area contributed by atoms with Gasteiger partial charge in [-0.25, -0.2) is 0 Å². The van der Waals surface area contributed by atoms with Crippen LogP contribution in [-0.2, 0) is 14.3 Å². The van der Waals surface area contributed by atoms with E-state index >= 15 is 0 Å². The lowest BCUT2D eigenvalue weighted by Crippen LogP contribution is -2.68. The maximum Gasteiger partial charge on any atom is 0.250 e. The maximum absolute atomic E-state index is 12.6. The van der Waals surface area contributed by atoms with Crippen LogP contribution in [0.3, 0.4) is 0 Å². The predicted molar refractivity (Wildman–Crippen MR) is 158 cm³/mol. The number of hydrogen-bond donors (Lipinski definition) is 11. The molecule has 1 unspecified atom stereocenters. The SMILES string of the molecule is CN[C@@H]1[C@@H](O)[C@@H](O[C@H]2[C@H](NC(=O)[C@@H](O)CN)C[C@H](N)C([C@H]3OC(CNCC(C)(C)CN)=CC[C@H]3N)[C@@H]2O)CC[C@]1(C)O. The zero-order valence-electron chi connectivity index (χ0n) is 25.4. The Kier molecular flexibility index (Phi) is 12.2. The number of aliphatic hydroxyl groups is 4. The minimum atomic E-state index is -1.44. The molecule has 14 heteroatoms. The molecule has 0 aromatic heterocycles. The van der Waals surface area contributed by atoms with Gasteiger partial charge in [0.2, 0.25) is 5.91 Å². The van der Waals surface area contributed by atoms with E-state index in [1.165, 1.54) is 0 Å². The first-order chi connectivity index (χ1) is 19.7. The summed E-state index contributed by atoms with van der Waals surface area (Å²) in [6.45, 7) is 7.17. The van der Waals surface area contributed by atoms with Gasteiger partial charge in [0.05, 0.1) is 42.5 Å². The maximum atomic E-state index is 12.6. The summed E-state index contributed by atoms with van der Waals surface area (Å²) in [5, 5.41) is 52.8. The van der Waals surface area contributed by atoms with E-state index in [0.717, 1.165) is 0 Å². The van der Waals surface area contributed by atoms with Crippen molar-refractivity contribution in [2.75, 3.05) is 33.2 Å². The molecule has 3 rings (SSSR count). The number of amides is 1. The van der Waals surface area contributed by atoms with E-state index in [1.807, 2.05) is 6.08 Å². The van der Waals surface area contributed by atoms with Crippen LogP contribution in [0.25, 0.3) is 0 Å². The number of carbonyl (C=O) groups excluding carboxylic acids is 1. The number of hydrogen-bond acceptors (Lipinski definition) is 13. The highest BCUT2D eigenvalue weighted by atomic mass is 16.5. The summed E-state index contributed by atoms with van der Waals surface area (Å²) in [6, 6.07) is -2.56. The molecule has 0 aromatic carbocycles. The molecule has 2 aliphatic carbocycles. The van der Waals surface area contributed by atoms with Crippen molar-refractivity contribution >= 4 is 5.91 Å². The first-order valence-electron chi connectivity index (χ1n) is 15.0. The Morgan fingerprint density at radius 1 is 1.24 bits per heavy atom. The number of ether oxygens (including phenoxy) is 2. The van der Waals surface area contributed by atoms with Gasteiger partial charge in [-0.3, -0.25) is 4.79 Å². The van der Waals surface area contributed by atoms with Crippen molar-refractivity contribution in [3.8, 4) is 0 Å². The second kappa shape index (κ2) is 14.6. The van der Waals surface area contributed by atoms with Crippen molar-refractivity contribution in [3.05, 3.63) is 11.8 Å². The van der Waals surface area contributed by atoms with Crippen molar-refractivity contribution in [3.63, 3.8) is 0 Å². The summed E-state index contributed by atoms with van der Waals surface area (Å²) in [4.78, 5) is 12.6. The topological polar surface area (TPSA) is 257 Å². The Bertz CT molecular complexity index is 923. The molecule has 1 heterocycles. The standard InChI is InChI=1S/C28H55N7O7/c1-27(2,12-30)13-34-11-14-5-6-15(31)23(41-14)20-16(32)9-17(35-26(39)18(36)10-29)24(22(20)38)42-19-7-8-28(3,40)25(33-4)21(19)37/h5,15-25,33-34,36-38,40H,6-13,29-32H2,1-4H3,(H,35,39)/t15-,16+,17-,18+,19+,20?,21+,22+,23+,24+,25-,28+/m1/s1. The monoisotopic (exact) mass is 601 g/mol. The molecule has 2 saturated carbocycles. The fourth-order valence-corrected chi connectivity index (χ4v) is 6.40. The number of rotatable bonds is 12. The van der Waals surface area contributed by atoms with Gasteiger partial charge in [-0.05, 0) is 57.7 Å². The van der Waals surface area contributed by atoms with E-state index in [4.69, 9.17) is 32.4 Å². The summed E-state index contributed by atoms with van der Waals surface area (Å²) in [7, 11) is 1.64. The van der Waals surface area contributed by atoms with E-state index in [1.54, 1.807) is 14.0 Å².